The zero-order valence-electron chi connectivity index (χ0n) is 19.6. The molecule has 0 radical (unpaired) electrons. The number of likely N-dealkylation sites (tertiary alicyclic amines) is 1. The molecule has 2 amide bonds. The van der Waals surface area contributed by atoms with Gasteiger partial charge in [-0.05, 0) is 53.4 Å². The van der Waals surface area contributed by atoms with Crippen LogP contribution in [0.2, 0.25) is 0 Å². The number of fused-ring (bicyclic) bond motifs is 4. The van der Waals surface area contributed by atoms with Gasteiger partial charge in [-0.3, -0.25) is 9.59 Å². The van der Waals surface area contributed by atoms with E-state index in [1.807, 2.05) is 24.3 Å². The van der Waals surface area contributed by atoms with Crippen LogP contribution in [0, 0.1) is 23.2 Å². The number of ether oxygens (including phenoxy) is 1. The van der Waals surface area contributed by atoms with Crippen LogP contribution in [0.3, 0.4) is 0 Å². The van der Waals surface area contributed by atoms with Gasteiger partial charge in [-0.15, -0.1) is 0 Å². The van der Waals surface area contributed by atoms with Crippen LogP contribution in [0.1, 0.15) is 42.7 Å². The van der Waals surface area contributed by atoms with Gasteiger partial charge in [0.15, 0.2) is 0 Å². The van der Waals surface area contributed by atoms with E-state index < -0.39 is 17.5 Å². The molecule has 4 aliphatic rings. The molecule has 0 aromatic heterocycles. The number of amides is 2. The summed E-state index contributed by atoms with van der Waals surface area (Å²) in [6, 6.07) is 16.4. The first kappa shape index (κ1) is 22.1. The first-order valence-electron chi connectivity index (χ1n) is 12.6. The topological polar surface area (TPSA) is 95.9 Å². The second-order valence-corrected chi connectivity index (χ2v) is 10.6. The van der Waals surface area contributed by atoms with Gasteiger partial charge in [0.2, 0.25) is 5.91 Å². The molecule has 1 saturated heterocycles. The molecule has 4 atom stereocenters. The Morgan fingerprint density at radius 3 is 2.40 bits per heavy atom. The Morgan fingerprint density at radius 2 is 1.74 bits per heavy atom. The normalized spacial score (nSPS) is 28.2. The summed E-state index contributed by atoms with van der Waals surface area (Å²) in [6.45, 7) is 1.54. The molecule has 2 unspecified atom stereocenters. The molecule has 3 aliphatic carbocycles. The number of alkyl carbamates (subject to hydrolysis) is 1. The van der Waals surface area contributed by atoms with Gasteiger partial charge >= 0.3 is 12.1 Å². The van der Waals surface area contributed by atoms with Gasteiger partial charge in [0.05, 0.1) is 5.41 Å². The van der Waals surface area contributed by atoms with E-state index in [0.717, 1.165) is 19.3 Å². The number of rotatable bonds is 6. The third kappa shape index (κ3) is 3.68. The van der Waals surface area contributed by atoms with Crippen LogP contribution in [0.25, 0.3) is 11.1 Å². The molecule has 2 aromatic carbocycles. The van der Waals surface area contributed by atoms with E-state index in [1.165, 1.54) is 22.3 Å². The Bertz CT molecular complexity index is 1150. The Balaban J connectivity index is 0.999. The van der Waals surface area contributed by atoms with Crippen LogP contribution < -0.4 is 5.32 Å². The summed E-state index contributed by atoms with van der Waals surface area (Å²) in [5, 5.41) is 12.6. The number of nitrogens with zero attached hydrogens (tertiary/aromatic N) is 1. The molecule has 182 valence electrons. The number of benzene rings is 2. The molecule has 7 heteroatoms. The highest BCUT2D eigenvalue weighted by molar-refractivity contribution is 5.85. The van der Waals surface area contributed by atoms with Crippen molar-refractivity contribution in [1.82, 2.24) is 10.2 Å². The fourth-order valence-electron chi connectivity index (χ4n) is 6.68. The highest BCUT2D eigenvalue weighted by Gasteiger charge is 2.57. The molecule has 7 nitrogen and oxygen atoms in total. The maximum Gasteiger partial charge on any atom is 0.407 e. The van der Waals surface area contributed by atoms with E-state index in [4.69, 9.17) is 4.74 Å². The van der Waals surface area contributed by atoms with Gasteiger partial charge in [-0.2, -0.15) is 0 Å². The van der Waals surface area contributed by atoms with E-state index >= 15 is 0 Å². The molecule has 0 spiro atoms. The van der Waals surface area contributed by atoms with Crippen LogP contribution in [0.5, 0.6) is 0 Å². The third-order valence-corrected chi connectivity index (χ3v) is 8.70. The molecule has 2 saturated carbocycles. The van der Waals surface area contributed by atoms with E-state index in [9.17, 15) is 19.5 Å². The lowest BCUT2D eigenvalue weighted by Crippen LogP contribution is -2.38. The average molecular weight is 475 g/mol. The van der Waals surface area contributed by atoms with Crippen molar-refractivity contribution in [3.05, 3.63) is 59.7 Å². The van der Waals surface area contributed by atoms with Gasteiger partial charge in [-0.1, -0.05) is 55.0 Å². The minimum absolute atomic E-state index is 0.0135. The Kier molecular flexibility index (Phi) is 5.31. The zero-order chi connectivity index (χ0) is 24.2. The Labute approximate surface area is 204 Å². The van der Waals surface area contributed by atoms with Gasteiger partial charge in [0.25, 0.3) is 0 Å². The van der Waals surface area contributed by atoms with Gasteiger partial charge in [-0.25, -0.2) is 4.79 Å². The Morgan fingerprint density at radius 1 is 1.06 bits per heavy atom. The summed E-state index contributed by atoms with van der Waals surface area (Å²) >= 11 is 0. The molecular weight excluding hydrogens is 444 g/mol. The molecule has 3 fully saturated rings. The number of carboxylic acids is 1. The van der Waals surface area contributed by atoms with Crippen molar-refractivity contribution in [3.63, 3.8) is 0 Å². The number of carbonyl (C=O) groups excluding carboxylic acids is 2. The summed E-state index contributed by atoms with van der Waals surface area (Å²) in [5.74, 6) is -0.684. The fraction of sp³-hybridized carbons (Fsp3) is 0.464. The number of aliphatic carboxylic acids is 1. The summed E-state index contributed by atoms with van der Waals surface area (Å²) in [6.07, 6.45) is 2.73. The number of carboxylic acid groups (broad SMARTS) is 1. The lowest BCUT2D eigenvalue weighted by molar-refractivity contribution is -0.149. The number of carbonyl (C=O) groups is 3. The van der Waals surface area contributed by atoms with E-state index in [2.05, 4.69) is 29.6 Å². The van der Waals surface area contributed by atoms with Crippen LogP contribution in [0.15, 0.2) is 48.5 Å². The van der Waals surface area contributed by atoms with Crippen molar-refractivity contribution in [2.24, 2.45) is 23.2 Å². The lowest BCUT2D eigenvalue weighted by atomic mass is 9.81. The molecule has 35 heavy (non-hydrogen) atoms. The number of nitrogens with one attached hydrogen (secondary N) is 1. The lowest BCUT2D eigenvalue weighted by Gasteiger charge is -2.23. The van der Waals surface area contributed by atoms with Crippen molar-refractivity contribution in [3.8, 4) is 11.1 Å². The third-order valence-electron chi connectivity index (χ3n) is 8.70. The average Bonchev–Trinajstić information content (AvgIpc) is 3.20. The minimum atomic E-state index is -0.764. The summed E-state index contributed by atoms with van der Waals surface area (Å²) < 4.78 is 5.59. The molecule has 6 rings (SSSR count). The summed E-state index contributed by atoms with van der Waals surface area (Å²) in [4.78, 5) is 39.1. The van der Waals surface area contributed by atoms with E-state index in [-0.39, 0.29) is 36.2 Å². The summed E-state index contributed by atoms with van der Waals surface area (Å²) in [7, 11) is 0. The van der Waals surface area contributed by atoms with Gasteiger partial charge < -0.3 is 20.1 Å². The van der Waals surface area contributed by atoms with E-state index in [0.29, 0.717) is 26.1 Å². The van der Waals surface area contributed by atoms with Crippen LogP contribution >= 0.6 is 0 Å². The maximum absolute atomic E-state index is 13.0. The van der Waals surface area contributed by atoms with Crippen molar-refractivity contribution in [2.45, 2.75) is 31.6 Å². The standard InChI is InChI=1S/C28H30N2O5/c31-25(30-14-18-6-5-11-28(18,16-30)26(32)33)23-12-17(23)13-29-27(34)35-15-24-21-9-3-1-7-19(21)20-8-2-4-10-22(20)24/h1-4,7-10,17-18,23-24H,5-6,11-16H2,(H,29,34)(H,32,33)/t17-,18?,23-,28?/m0/s1. The molecule has 0 bridgehead atoms. The first-order chi connectivity index (χ1) is 17.0. The van der Waals surface area contributed by atoms with Crippen LogP contribution in [0.4, 0.5) is 4.79 Å². The maximum atomic E-state index is 13.0. The smallest absolute Gasteiger partial charge is 0.407 e. The van der Waals surface area contributed by atoms with Gasteiger partial charge in [0, 0.05) is 31.5 Å². The van der Waals surface area contributed by atoms with E-state index in [1.54, 1.807) is 4.90 Å². The van der Waals surface area contributed by atoms with Crippen molar-refractivity contribution < 1.29 is 24.2 Å². The van der Waals surface area contributed by atoms with Crippen molar-refractivity contribution >= 4 is 18.0 Å². The van der Waals surface area contributed by atoms with Crippen molar-refractivity contribution in [2.75, 3.05) is 26.2 Å². The number of hydrogen-bond acceptors (Lipinski definition) is 4. The molecular formula is C28H30N2O5. The van der Waals surface area contributed by atoms with Crippen molar-refractivity contribution in [1.29, 1.82) is 0 Å². The SMILES string of the molecule is O=C(NC[C@@H]1C[C@@H]1C(=O)N1CC2CCCC2(C(=O)O)C1)OCC1c2ccccc2-c2ccccc21. The summed E-state index contributed by atoms with van der Waals surface area (Å²) in [5.41, 5.74) is 3.96. The van der Waals surface area contributed by atoms with Crippen LogP contribution in [-0.2, 0) is 14.3 Å². The quantitative estimate of drug-likeness (QED) is 0.663. The molecule has 1 aliphatic heterocycles. The Hall–Kier alpha value is -3.35. The second kappa shape index (κ2) is 8.40. The first-order valence-corrected chi connectivity index (χ1v) is 12.6. The van der Waals surface area contributed by atoms with Gasteiger partial charge in [0.1, 0.15) is 6.61 Å². The molecule has 2 N–H and O–H groups in total. The zero-order valence-corrected chi connectivity index (χ0v) is 19.6. The predicted octanol–water partition coefficient (Wildman–Crippen LogP) is 3.87. The molecule has 2 aromatic rings. The molecule has 1 heterocycles. The monoisotopic (exact) mass is 474 g/mol. The predicted molar refractivity (Wildman–Crippen MR) is 129 cm³/mol. The second-order valence-electron chi connectivity index (χ2n) is 10.6. The minimum Gasteiger partial charge on any atom is -0.481 e. The highest BCUT2D eigenvalue weighted by Crippen LogP contribution is 2.51. The fourth-order valence-corrected chi connectivity index (χ4v) is 6.68. The highest BCUT2D eigenvalue weighted by atomic mass is 16.5. The number of hydrogen-bond donors (Lipinski definition) is 2. The largest absolute Gasteiger partial charge is 0.481 e. The van der Waals surface area contributed by atoms with Crippen LogP contribution in [-0.4, -0.2) is 54.2 Å².